The third-order valence-electron chi connectivity index (χ3n) is 6.43. The summed E-state index contributed by atoms with van der Waals surface area (Å²) in [6, 6.07) is 0. The van der Waals surface area contributed by atoms with Crippen LogP contribution < -0.4 is 0 Å². The van der Waals surface area contributed by atoms with Crippen molar-refractivity contribution in [1.29, 1.82) is 0 Å². The average molecular weight is 394 g/mol. The fourth-order valence-corrected chi connectivity index (χ4v) is 4.49. The van der Waals surface area contributed by atoms with E-state index in [1.807, 2.05) is 0 Å². The molecule has 0 fully saturated rings. The van der Waals surface area contributed by atoms with Gasteiger partial charge in [0.25, 0.3) is 0 Å². The number of hydrogen-bond donors (Lipinski definition) is 1. The van der Waals surface area contributed by atoms with Gasteiger partial charge in [-0.3, -0.25) is 4.48 Å². The molecule has 0 aromatic rings. The molecule has 0 saturated carbocycles. The summed E-state index contributed by atoms with van der Waals surface area (Å²) < 4.78 is 0.950. The molecule has 0 saturated heterocycles. The molecule has 3 nitrogen and oxygen atoms in total. The van der Waals surface area contributed by atoms with Crippen LogP contribution >= 0.6 is 0 Å². The van der Waals surface area contributed by atoms with Crippen molar-refractivity contribution in [1.82, 2.24) is 0 Å². The quantitative estimate of drug-likeness (QED) is 0.149. The Morgan fingerprint density at radius 3 is 1.93 bits per heavy atom. The van der Waals surface area contributed by atoms with Gasteiger partial charge in [0.1, 0.15) is 13.1 Å². The summed E-state index contributed by atoms with van der Waals surface area (Å²) in [6.45, 7) is 8.71. The van der Waals surface area contributed by atoms with Gasteiger partial charge >= 0.3 is 0 Å². The van der Waals surface area contributed by atoms with Crippen LogP contribution in [0, 0.1) is 0 Å². The van der Waals surface area contributed by atoms with Crippen LogP contribution in [0.1, 0.15) is 110 Å². The molecule has 164 valence electrons. The number of aliphatic imine (C=N–C) groups is 1. The Morgan fingerprint density at radius 2 is 1.39 bits per heavy atom. The number of allylic oxidation sites excluding steroid dienone is 2. The van der Waals surface area contributed by atoms with E-state index in [0.717, 1.165) is 37.1 Å². The molecule has 0 amide bonds. The lowest BCUT2D eigenvalue weighted by molar-refractivity contribution is -0.835. The molecule has 1 aliphatic heterocycles. The summed E-state index contributed by atoms with van der Waals surface area (Å²) in [6.07, 6.45) is 25.0. The highest BCUT2D eigenvalue weighted by Crippen LogP contribution is 2.20. The summed E-state index contributed by atoms with van der Waals surface area (Å²) in [5.74, 6) is 1.36. The maximum Gasteiger partial charge on any atom is 0.198 e. The SMILES string of the molecule is CC/C=C/CCCCCCCCCCCCCCC1=NCC[N+]1(CC)CCO. The second kappa shape index (κ2) is 17.2. The van der Waals surface area contributed by atoms with Gasteiger partial charge in [-0.2, -0.15) is 0 Å². The van der Waals surface area contributed by atoms with Crippen LogP contribution in [0.25, 0.3) is 0 Å². The highest BCUT2D eigenvalue weighted by Gasteiger charge is 2.35. The standard InChI is InChI=1S/C25H49N2O/c1-3-5-6-7-8-9-10-11-12-13-14-15-16-17-18-19-20-25-26-21-22-27(25,4-2)23-24-28/h5-6,28H,3-4,7-24H2,1-2H3/q+1/b6-5+. The summed E-state index contributed by atoms with van der Waals surface area (Å²) in [5.41, 5.74) is 0. The molecule has 1 aliphatic rings. The lowest BCUT2D eigenvalue weighted by atomic mass is 10.0. The topological polar surface area (TPSA) is 32.6 Å². The number of likely N-dealkylation sites (N-methyl/N-ethyl adjacent to an activating group) is 1. The highest BCUT2D eigenvalue weighted by molar-refractivity contribution is 5.76. The van der Waals surface area contributed by atoms with Crippen molar-refractivity contribution in [2.45, 2.75) is 110 Å². The van der Waals surface area contributed by atoms with Gasteiger partial charge in [0.2, 0.25) is 0 Å². The molecule has 1 N–H and O–H groups in total. The molecule has 0 bridgehead atoms. The zero-order valence-electron chi connectivity index (χ0n) is 19.1. The predicted molar refractivity (Wildman–Crippen MR) is 124 cm³/mol. The predicted octanol–water partition coefficient (Wildman–Crippen LogP) is 6.66. The number of nitrogens with zero attached hydrogens (tertiary/aromatic N) is 2. The Kier molecular flexibility index (Phi) is 15.6. The monoisotopic (exact) mass is 393 g/mol. The Hall–Kier alpha value is -0.670. The molecule has 0 aliphatic carbocycles. The molecule has 0 aromatic heterocycles. The molecule has 1 atom stereocenters. The van der Waals surface area contributed by atoms with Crippen LogP contribution in [0.4, 0.5) is 0 Å². The summed E-state index contributed by atoms with van der Waals surface area (Å²) in [4.78, 5) is 4.76. The van der Waals surface area contributed by atoms with E-state index in [4.69, 9.17) is 4.99 Å². The lowest BCUT2D eigenvalue weighted by Crippen LogP contribution is -2.52. The average Bonchev–Trinajstić information content (AvgIpc) is 3.11. The third kappa shape index (κ3) is 10.8. The van der Waals surface area contributed by atoms with Gasteiger partial charge < -0.3 is 5.11 Å². The molecule has 1 rings (SSSR count). The first-order valence-electron chi connectivity index (χ1n) is 12.4. The van der Waals surface area contributed by atoms with Gasteiger partial charge in [-0.05, 0) is 32.6 Å². The van der Waals surface area contributed by atoms with Gasteiger partial charge in [-0.1, -0.05) is 83.3 Å². The molecule has 0 spiro atoms. The van der Waals surface area contributed by atoms with E-state index in [0.29, 0.717) is 0 Å². The van der Waals surface area contributed by atoms with E-state index in [9.17, 15) is 5.11 Å². The third-order valence-corrected chi connectivity index (χ3v) is 6.43. The van der Waals surface area contributed by atoms with Gasteiger partial charge in [0.05, 0.1) is 19.7 Å². The largest absolute Gasteiger partial charge is 0.390 e. The fraction of sp³-hybridized carbons (Fsp3) is 0.880. The van der Waals surface area contributed by atoms with Crippen LogP contribution in [0.2, 0.25) is 0 Å². The van der Waals surface area contributed by atoms with Crippen LogP contribution in [-0.4, -0.2) is 48.2 Å². The molecule has 1 unspecified atom stereocenters. The number of aliphatic hydroxyl groups excluding tert-OH is 1. The smallest absolute Gasteiger partial charge is 0.198 e. The number of quaternary nitrogens is 1. The number of unbranched alkanes of at least 4 members (excludes halogenated alkanes) is 12. The van der Waals surface area contributed by atoms with E-state index in [-0.39, 0.29) is 6.61 Å². The Bertz CT molecular complexity index is 419. The summed E-state index contributed by atoms with van der Waals surface area (Å²) in [5, 5.41) is 9.38. The molecule has 3 heteroatoms. The molecule has 0 aromatic carbocycles. The molecule has 1 heterocycles. The number of rotatable bonds is 19. The number of hydrogen-bond acceptors (Lipinski definition) is 2. The zero-order valence-corrected chi connectivity index (χ0v) is 19.1. The van der Waals surface area contributed by atoms with Crippen molar-refractivity contribution in [2.75, 3.05) is 32.8 Å². The Morgan fingerprint density at radius 1 is 0.821 bits per heavy atom. The van der Waals surface area contributed by atoms with E-state index in [1.165, 1.54) is 95.7 Å². The van der Waals surface area contributed by atoms with E-state index in [1.54, 1.807) is 0 Å². The molecule has 0 radical (unpaired) electrons. The van der Waals surface area contributed by atoms with Gasteiger partial charge in [-0.25, -0.2) is 4.99 Å². The van der Waals surface area contributed by atoms with E-state index >= 15 is 0 Å². The fourth-order valence-electron chi connectivity index (χ4n) is 4.49. The normalized spacial score (nSPS) is 19.6. The van der Waals surface area contributed by atoms with Crippen LogP contribution in [-0.2, 0) is 0 Å². The number of aliphatic hydroxyl groups is 1. The minimum absolute atomic E-state index is 0.281. The lowest BCUT2D eigenvalue weighted by Gasteiger charge is -2.33. The molecule has 28 heavy (non-hydrogen) atoms. The van der Waals surface area contributed by atoms with Gasteiger partial charge in [0.15, 0.2) is 5.84 Å². The first kappa shape index (κ1) is 25.4. The first-order valence-corrected chi connectivity index (χ1v) is 12.4. The Labute approximate surface area is 175 Å². The van der Waals surface area contributed by atoms with Crippen LogP contribution in [0.15, 0.2) is 17.1 Å². The second-order valence-electron chi connectivity index (χ2n) is 8.59. The van der Waals surface area contributed by atoms with Crippen molar-refractivity contribution >= 4 is 5.84 Å². The summed E-state index contributed by atoms with van der Waals surface area (Å²) in [7, 11) is 0. The molecular weight excluding hydrogens is 344 g/mol. The van der Waals surface area contributed by atoms with E-state index < -0.39 is 0 Å². The van der Waals surface area contributed by atoms with Crippen molar-refractivity contribution < 1.29 is 9.59 Å². The van der Waals surface area contributed by atoms with Crippen LogP contribution in [0.3, 0.4) is 0 Å². The first-order chi connectivity index (χ1) is 13.8. The van der Waals surface area contributed by atoms with Crippen molar-refractivity contribution in [3.05, 3.63) is 12.2 Å². The minimum atomic E-state index is 0.281. The minimum Gasteiger partial charge on any atom is -0.390 e. The van der Waals surface area contributed by atoms with Crippen molar-refractivity contribution in [2.24, 2.45) is 4.99 Å². The highest BCUT2D eigenvalue weighted by atomic mass is 16.3. The van der Waals surface area contributed by atoms with Gasteiger partial charge in [0, 0.05) is 6.42 Å². The second-order valence-corrected chi connectivity index (χ2v) is 8.59. The number of amidine groups is 1. The zero-order chi connectivity index (χ0) is 20.3. The molecular formula is C25H49N2O+. The maximum absolute atomic E-state index is 9.38. The van der Waals surface area contributed by atoms with Crippen molar-refractivity contribution in [3.63, 3.8) is 0 Å². The van der Waals surface area contributed by atoms with Crippen LogP contribution in [0.5, 0.6) is 0 Å². The summed E-state index contributed by atoms with van der Waals surface area (Å²) >= 11 is 0. The maximum atomic E-state index is 9.38. The van der Waals surface area contributed by atoms with E-state index in [2.05, 4.69) is 26.0 Å². The Balaban J connectivity index is 1.87. The van der Waals surface area contributed by atoms with Crippen molar-refractivity contribution in [3.8, 4) is 0 Å². The van der Waals surface area contributed by atoms with Gasteiger partial charge in [-0.15, -0.1) is 0 Å².